The van der Waals surface area contributed by atoms with Gasteiger partial charge in [0.05, 0.1) is 19.9 Å². The third-order valence-corrected chi connectivity index (χ3v) is 2.35. The van der Waals surface area contributed by atoms with Gasteiger partial charge in [0.2, 0.25) is 5.88 Å². The number of hydrogen-bond donors (Lipinski definition) is 0. The van der Waals surface area contributed by atoms with Gasteiger partial charge in [-0.15, -0.1) is 0 Å². The lowest BCUT2D eigenvalue weighted by molar-refractivity contribution is 0.350. The molecular weight excluding hydrogens is 216 g/mol. The van der Waals surface area contributed by atoms with Gasteiger partial charge in [-0.3, -0.25) is 0 Å². The highest BCUT2D eigenvalue weighted by atomic mass is 16.5. The molecule has 1 aromatic carbocycles. The van der Waals surface area contributed by atoms with Crippen LogP contribution in [0.25, 0.3) is 0 Å². The molecule has 17 heavy (non-hydrogen) atoms. The van der Waals surface area contributed by atoms with Crippen LogP contribution in [0.5, 0.6) is 11.9 Å². The van der Waals surface area contributed by atoms with Crippen LogP contribution in [0.15, 0.2) is 36.4 Å². The molecule has 0 unspecified atom stereocenters. The minimum atomic E-state index is 0.329. The van der Waals surface area contributed by atoms with Crippen molar-refractivity contribution >= 4 is 0 Å². The van der Waals surface area contributed by atoms with Crippen molar-refractivity contribution in [3.8, 4) is 11.9 Å². The molecule has 0 radical (unpaired) electrons. The van der Waals surface area contributed by atoms with Gasteiger partial charge >= 0.3 is 6.01 Å². The van der Waals surface area contributed by atoms with E-state index in [1.807, 2.05) is 24.3 Å². The normalized spacial score (nSPS) is 10.0. The van der Waals surface area contributed by atoms with E-state index in [0.717, 1.165) is 12.1 Å². The minimum absolute atomic E-state index is 0.329. The molecule has 0 aliphatic carbocycles. The SMILES string of the molecule is COc1cc(Cc2ccccc2)nc(OC)n1. The summed E-state index contributed by atoms with van der Waals surface area (Å²) in [7, 11) is 3.12. The topological polar surface area (TPSA) is 44.2 Å². The van der Waals surface area contributed by atoms with Gasteiger partial charge < -0.3 is 9.47 Å². The Bertz CT molecular complexity index is 464. The quantitative estimate of drug-likeness (QED) is 0.806. The Morgan fingerprint density at radius 2 is 1.76 bits per heavy atom. The molecule has 0 saturated heterocycles. The minimum Gasteiger partial charge on any atom is -0.481 e. The smallest absolute Gasteiger partial charge is 0.319 e. The summed E-state index contributed by atoms with van der Waals surface area (Å²) in [6, 6.07) is 12.3. The molecule has 2 aromatic rings. The number of ether oxygens (including phenoxy) is 2. The maximum atomic E-state index is 5.10. The Balaban J connectivity index is 2.26. The number of hydrogen-bond acceptors (Lipinski definition) is 4. The third kappa shape index (κ3) is 2.93. The van der Waals surface area contributed by atoms with E-state index in [1.54, 1.807) is 14.2 Å². The zero-order valence-corrected chi connectivity index (χ0v) is 9.88. The molecule has 0 aliphatic rings. The first-order valence-corrected chi connectivity index (χ1v) is 5.31. The summed E-state index contributed by atoms with van der Waals surface area (Å²) < 4.78 is 10.1. The summed E-state index contributed by atoms with van der Waals surface area (Å²) in [6.45, 7) is 0. The van der Waals surface area contributed by atoms with Crippen molar-refractivity contribution in [2.24, 2.45) is 0 Å². The summed E-state index contributed by atoms with van der Waals surface area (Å²) in [5, 5.41) is 0. The molecule has 0 bridgehead atoms. The average molecular weight is 230 g/mol. The maximum Gasteiger partial charge on any atom is 0.319 e. The molecule has 88 valence electrons. The lowest BCUT2D eigenvalue weighted by Gasteiger charge is -2.06. The van der Waals surface area contributed by atoms with Gasteiger partial charge in [-0.05, 0) is 5.56 Å². The molecule has 1 heterocycles. The second-order valence-electron chi connectivity index (χ2n) is 3.55. The first-order valence-electron chi connectivity index (χ1n) is 5.31. The summed E-state index contributed by atoms with van der Waals surface area (Å²) >= 11 is 0. The highest BCUT2D eigenvalue weighted by molar-refractivity contribution is 5.25. The molecule has 0 aliphatic heterocycles. The average Bonchev–Trinajstić information content (AvgIpc) is 2.39. The highest BCUT2D eigenvalue weighted by Crippen LogP contribution is 2.16. The fraction of sp³-hybridized carbons (Fsp3) is 0.231. The summed E-state index contributed by atoms with van der Waals surface area (Å²) in [4.78, 5) is 8.34. The Morgan fingerprint density at radius 1 is 1.00 bits per heavy atom. The van der Waals surface area contributed by atoms with Crippen molar-refractivity contribution in [3.05, 3.63) is 47.7 Å². The predicted molar refractivity (Wildman–Crippen MR) is 64.4 cm³/mol. The Kier molecular flexibility index (Phi) is 3.55. The maximum absolute atomic E-state index is 5.10. The van der Waals surface area contributed by atoms with Crippen LogP contribution in [-0.2, 0) is 6.42 Å². The Hall–Kier alpha value is -2.10. The van der Waals surface area contributed by atoms with E-state index in [-0.39, 0.29) is 0 Å². The molecule has 2 rings (SSSR count). The van der Waals surface area contributed by atoms with Crippen LogP contribution in [0.1, 0.15) is 11.3 Å². The largest absolute Gasteiger partial charge is 0.481 e. The van der Waals surface area contributed by atoms with Gasteiger partial charge in [0, 0.05) is 12.5 Å². The van der Waals surface area contributed by atoms with Gasteiger partial charge in [0.25, 0.3) is 0 Å². The van der Waals surface area contributed by atoms with Crippen LogP contribution in [0, 0.1) is 0 Å². The fourth-order valence-electron chi connectivity index (χ4n) is 1.54. The van der Waals surface area contributed by atoms with Crippen molar-refractivity contribution in [1.29, 1.82) is 0 Å². The van der Waals surface area contributed by atoms with Crippen LogP contribution >= 0.6 is 0 Å². The molecule has 4 heteroatoms. The van der Waals surface area contributed by atoms with E-state index in [2.05, 4.69) is 22.1 Å². The molecule has 0 amide bonds. The van der Waals surface area contributed by atoms with Gasteiger partial charge in [-0.2, -0.15) is 9.97 Å². The van der Waals surface area contributed by atoms with E-state index in [1.165, 1.54) is 5.56 Å². The predicted octanol–water partition coefficient (Wildman–Crippen LogP) is 2.08. The monoisotopic (exact) mass is 230 g/mol. The van der Waals surface area contributed by atoms with Crippen molar-refractivity contribution in [2.75, 3.05) is 14.2 Å². The summed E-state index contributed by atoms with van der Waals surface area (Å²) in [5.41, 5.74) is 2.07. The lowest BCUT2D eigenvalue weighted by Crippen LogP contribution is -2.00. The number of aromatic nitrogens is 2. The molecule has 0 N–H and O–H groups in total. The van der Waals surface area contributed by atoms with Crippen molar-refractivity contribution < 1.29 is 9.47 Å². The molecule has 0 atom stereocenters. The third-order valence-electron chi connectivity index (χ3n) is 2.35. The first kappa shape index (κ1) is 11.4. The van der Waals surface area contributed by atoms with Crippen LogP contribution in [0.3, 0.4) is 0 Å². The standard InChI is InChI=1S/C13H14N2O2/c1-16-12-9-11(14-13(15-12)17-2)8-10-6-4-3-5-7-10/h3-7,9H,8H2,1-2H3. The van der Waals surface area contributed by atoms with Crippen LogP contribution < -0.4 is 9.47 Å². The zero-order chi connectivity index (χ0) is 12.1. The molecular formula is C13H14N2O2. The second-order valence-corrected chi connectivity index (χ2v) is 3.55. The number of benzene rings is 1. The molecule has 0 saturated carbocycles. The van der Waals surface area contributed by atoms with Crippen LogP contribution in [-0.4, -0.2) is 24.2 Å². The lowest BCUT2D eigenvalue weighted by atomic mass is 10.1. The zero-order valence-electron chi connectivity index (χ0n) is 9.88. The van der Waals surface area contributed by atoms with Gasteiger partial charge in [0.15, 0.2) is 0 Å². The van der Waals surface area contributed by atoms with E-state index in [0.29, 0.717) is 11.9 Å². The second kappa shape index (κ2) is 5.30. The highest BCUT2D eigenvalue weighted by Gasteiger charge is 2.05. The van der Waals surface area contributed by atoms with E-state index < -0.39 is 0 Å². The van der Waals surface area contributed by atoms with Crippen molar-refractivity contribution in [1.82, 2.24) is 9.97 Å². The molecule has 0 spiro atoms. The number of nitrogens with zero attached hydrogens (tertiary/aromatic N) is 2. The number of rotatable bonds is 4. The fourth-order valence-corrected chi connectivity index (χ4v) is 1.54. The van der Waals surface area contributed by atoms with E-state index in [4.69, 9.17) is 9.47 Å². The molecule has 1 aromatic heterocycles. The van der Waals surface area contributed by atoms with Gasteiger partial charge in [0.1, 0.15) is 0 Å². The summed E-state index contributed by atoms with van der Waals surface area (Å²) in [5.74, 6) is 0.516. The van der Waals surface area contributed by atoms with Crippen LogP contribution in [0.4, 0.5) is 0 Å². The van der Waals surface area contributed by atoms with E-state index >= 15 is 0 Å². The first-order chi connectivity index (χ1) is 8.31. The van der Waals surface area contributed by atoms with Crippen molar-refractivity contribution in [3.63, 3.8) is 0 Å². The number of methoxy groups -OCH3 is 2. The van der Waals surface area contributed by atoms with Gasteiger partial charge in [-0.25, -0.2) is 0 Å². The Labute approximate surface area is 100 Å². The molecule has 4 nitrogen and oxygen atoms in total. The van der Waals surface area contributed by atoms with Crippen LogP contribution in [0.2, 0.25) is 0 Å². The summed E-state index contributed by atoms with van der Waals surface area (Å²) in [6.07, 6.45) is 0.732. The molecule has 0 fully saturated rings. The van der Waals surface area contributed by atoms with Crippen molar-refractivity contribution in [2.45, 2.75) is 6.42 Å². The Morgan fingerprint density at radius 3 is 2.41 bits per heavy atom. The van der Waals surface area contributed by atoms with E-state index in [9.17, 15) is 0 Å². The van der Waals surface area contributed by atoms with Gasteiger partial charge in [-0.1, -0.05) is 30.3 Å².